The number of hydrogen-bond acceptors (Lipinski definition) is 4. The number of aryl methyl sites for hydroxylation is 1. The average molecular weight is 503 g/mol. The quantitative estimate of drug-likeness (QED) is 0.485. The molecule has 0 radical (unpaired) electrons. The number of alkyl halides is 3. The first-order valence-electron chi connectivity index (χ1n) is 7.86. The zero-order valence-electron chi connectivity index (χ0n) is 14.4. The predicted octanol–water partition coefficient (Wildman–Crippen LogP) is 3.09. The first-order chi connectivity index (χ1) is 13.3. The molecule has 29 heavy (non-hydrogen) atoms. The van der Waals surface area contributed by atoms with Crippen LogP contribution >= 0.6 is 15.9 Å². The molecule has 0 aromatic carbocycles. The van der Waals surface area contributed by atoms with Crippen molar-refractivity contribution in [1.29, 1.82) is 0 Å². The van der Waals surface area contributed by atoms with Gasteiger partial charge in [-0.05, 0) is 34.8 Å². The van der Waals surface area contributed by atoms with Crippen molar-refractivity contribution < 1.29 is 35.2 Å². The van der Waals surface area contributed by atoms with Gasteiger partial charge in [-0.3, -0.25) is 4.79 Å². The second kappa shape index (κ2) is 7.02. The lowest BCUT2D eigenvalue weighted by Gasteiger charge is -2.20. The molecule has 3 rings (SSSR count). The van der Waals surface area contributed by atoms with Crippen LogP contribution in [0.2, 0.25) is 0 Å². The maximum absolute atomic E-state index is 14.7. The van der Waals surface area contributed by atoms with E-state index in [0.29, 0.717) is 6.20 Å². The molecular formula is C15H12BrF5N4O3S. The van der Waals surface area contributed by atoms with Gasteiger partial charge in [-0.15, -0.1) is 0 Å². The lowest BCUT2D eigenvalue weighted by Crippen LogP contribution is -2.47. The van der Waals surface area contributed by atoms with Crippen molar-refractivity contribution in [1.82, 2.24) is 14.3 Å². The van der Waals surface area contributed by atoms with Crippen molar-refractivity contribution in [3.8, 4) is 0 Å². The molecule has 1 aliphatic carbocycles. The largest absolute Gasteiger partial charge is 0.407 e. The van der Waals surface area contributed by atoms with Crippen molar-refractivity contribution in [2.45, 2.75) is 29.5 Å². The predicted molar refractivity (Wildman–Crippen MR) is 93.6 cm³/mol. The lowest BCUT2D eigenvalue weighted by atomic mass is 10.3. The fourth-order valence-corrected chi connectivity index (χ4v) is 4.50. The van der Waals surface area contributed by atoms with Gasteiger partial charge in [0.2, 0.25) is 10.0 Å². The molecule has 0 saturated heterocycles. The average Bonchev–Trinajstić information content (AvgIpc) is 3.30. The molecule has 1 amide bonds. The standard InChI is InChI=1S/C15H12BrF5N4O3S/c1-25-6-8(29(27,28)24-14(3-4-14)15(19,20)21)10(18)11(25)13(26)23-7-2-5-22-12(16)9(7)17/h2,5-6,24H,3-4H2,1H3,(H,22,23,26). The molecule has 14 heteroatoms. The fraction of sp³-hybridized carbons (Fsp3) is 0.333. The van der Waals surface area contributed by atoms with Crippen LogP contribution in [0, 0.1) is 11.6 Å². The van der Waals surface area contributed by atoms with Crippen LogP contribution in [-0.4, -0.2) is 35.6 Å². The van der Waals surface area contributed by atoms with Gasteiger partial charge < -0.3 is 9.88 Å². The van der Waals surface area contributed by atoms with Gasteiger partial charge in [0.25, 0.3) is 5.91 Å². The zero-order chi connectivity index (χ0) is 21.8. The fourth-order valence-electron chi connectivity index (χ4n) is 2.59. The van der Waals surface area contributed by atoms with Crippen molar-refractivity contribution >= 4 is 37.5 Å². The monoisotopic (exact) mass is 502 g/mol. The third kappa shape index (κ3) is 3.88. The number of hydrogen-bond donors (Lipinski definition) is 2. The molecule has 158 valence electrons. The van der Waals surface area contributed by atoms with E-state index in [1.165, 1.54) is 4.72 Å². The Morgan fingerprint density at radius 2 is 1.90 bits per heavy atom. The highest BCUT2D eigenvalue weighted by molar-refractivity contribution is 9.10. The van der Waals surface area contributed by atoms with Crippen molar-refractivity contribution in [3.05, 3.63) is 40.4 Å². The van der Waals surface area contributed by atoms with E-state index in [0.717, 1.165) is 23.9 Å². The van der Waals surface area contributed by atoms with E-state index in [9.17, 15) is 35.2 Å². The maximum Gasteiger partial charge on any atom is 0.407 e. The third-order valence-corrected chi connectivity index (χ3v) is 6.39. The van der Waals surface area contributed by atoms with Crippen LogP contribution < -0.4 is 10.0 Å². The van der Waals surface area contributed by atoms with Crippen molar-refractivity contribution in [3.63, 3.8) is 0 Å². The molecule has 0 aliphatic heterocycles. The summed E-state index contributed by atoms with van der Waals surface area (Å²) in [7, 11) is -3.81. The van der Waals surface area contributed by atoms with Gasteiger partial charge in [0.05, 0.1) is 5.69 Å². The number of anilines is 1. The Morgan fingerprint density at radius 1 is 1.28 bits per heavy atom. The molecule has 0 bridgehead atoms. The first-order valence-corrected chi connectivity index (χ1v) is 10.1. The van der Waals surface area contributed by atoms with Crippen LogP contribution in [0.4, 0.5) is 27.6 Å². The second-order valence-corrected chi connectivity index (χ2v) is 8.77. The molecule has 2 aromatic heterocycles. The number of carbonyl (C=O) groups excluding carboxylic acids is 1. The smallest absolute Gasteiger partial charge is 0.343 e. The summed E-state index contributed by atoms with van der Waals surface area (Å²) >= 11 is 2.80. The Balaban J connectivity index is 1.92. The van der Waals surface area contributed by atoms with E-state index in [1.54, 1.807) is 0 Å². The number of carbonyl (C=O) groups is 1. The zero-order valence-corrected chi connectivity index (χ0v) is 16.8. The van der Waals surface area contributed by atoms with Gasteiger partial charge >= 0.3 is 6.18 Å². The highest BCUT2D eigenvalue weighted by Gasteiger charge is 2.65. The topological polar surface area (TPSA) is 93.1 Å². The van der Waals surface area contributed by atoms with E-state index >= 15 is 0 Å². The van der Waals surface area contributed by atoms with Crippen LogP contribution in [-0.2, 0) is 17.1 Å². The normalized spacial score (nSPS) is 16.0. The van der Waals surface area contributed by atoms with Gasteiger partial charge in [0, 0.05) is 19.4 Å². The van der Waals surface area contributed by atoms with Crippen molar-refractivity contribution in [2.24, 2.45) is 7.05 Å². The van der Waals surface area contributed by atoms with Crippen LogP contribution in [0.5, 0.6) is 0 Å². The molecule has 0 unspecified atom stereocenters. The Labute approximate surface area is 169 Å². The summed E-state index contributed by atoms with van der Waals surface area (Å²) < 4.78 is 94.4. The molecule has 1 saturated carbocycles. The number of amides is 1. The first kappa shape index (κ1) is 21.6. The number of rotatable bonds is 5. The number of nitrogens with one attached hydrogen (secondary N) is 2. The number of nitrogens with zero attached hydrogens (tertiary/aromatic N) is 2. The number of pyridine rings is 1. The van der Waals surface area contributed by atoms with Gasteiger partial charge in [-0.25, -0.2) is 22.2 Å². The minimum absolute atomic E-state index is 0.225. The van der Waals surface area contributed by atoms with E-state index in [4.69, 9.17) is 0 Å². The Hall–Kier alpha value is -2.06. The SMILES string of the molecule is Cn1cc(S(=O)(=O)NC2(C(F)(F)F)CC2)c(F)c1C(=O)Nc1ccnc(Br)c1F. The molecule has 1 aliphatic rings. The summed E-state index contributed by atoms with van der Waals surface area (Å²) in [5, 5.41) is 2.06. The number of aromatic nitrogens is 2. The van der Waals surface area contributed by atoms with Crippen LogP contribution in [0.3, 0.4) is 0 Å². The molecule has 2 aromatic rings. The van der Waals surface area contributed by atoms with Crippen LogP contribution in [0.15, 0.2) is 28.0 Å². The summed E-state index contributed by atoms with van der Waals surface area (Å²) in [4.78, 5) is 14.8. The lowest BCUT2D eigenvalue weighted by molar-refractivity contribution is -0.160. The third-order valence-electron chi connectivity index (χ3n) is 4.31. The van der Waals surface area contributed by atoms with E-state index in [2.05, 4.69) is 26.2 Å². The minimum atomic E-state index is -4.93. The van der Waals surface area contributed by atoms with E-state index < -0.39 is 62.7 Å². The molecule has 2 N–H and O–H groups in total. The summed E-state index contributed by atoms with van der Waals surface area (Å²) in [5.41, 5.74) is -3.83. The molecule has 0 spiro atoms. The minimum Gasteiger partial charge on any atom is -0.343 e. The highest BCUT2D eigenvalue weighted by atomic mass is 79.9. The summed E-state index contributed by atoms with van der Waals surface area (Å²) in [5.74, 6) is -3.73. The number of halogens is 6. The molecule has 2 heterocycles. The molecule has 0 atom stereocenters. The van der Waals surface area contributed by atoms with Crippen LogP contribution in [0.1, 0.15) is 23.3 Å². The van der Waals surface area contributed by atoms with Crippen molar-refractivity contribution in [2.75, 3.05) is 5.32 Å². The Kier molecular flexibility index (Phi) is 5.24. The summed E-state index contributed by atoms with van der Waals surface area (Å²) in [6.07, 6.45) is -3.99. The Morgan fingerprint density at radius 3 is 2.45 bits per heavy atom. The van der Waals surface area contributed by atoms with Gasteiger partial charge in [0.1, 0.15) is 20.7 Å². The van der Waals surface area contributed by atoms with E-state index in [1.807, 2.05) is 0 Å². The summed E-state index contributed by atoms with van der Waals surface area (Å²) in [6, 6.07) is 1.08. The highest BCUT2D eigenvalue weighted by Crippen LogP contribution is 2.49. The molecular weight excluding hydrogens is 491 g/mol. The van der Waals surface area contributed by atoms with Gasteiger partial charge in [-0.2, -0.15) is 17.9 Å². The number of sulfonamides is 1. The molecule has 7 nitrogen and oxygen atoms in total. The van der Waals surface area contributed by atoms with Crippen LogP contribution in [0.25, 0.3) is 0 Å². The Bertz CT molecular complexity index is 1100. The van der Waals surface area contributed by atoms with Gasteiger partial charge in [-0.1, -0.05) is 0 Å². The summed E-state index contributed by atoms with van der Waals surface area (Å²) in [6.45, 7) is 0. The second-order valence-electron chi connectivity index (χ2n) is 6.37. The molecule has 1 fully saturated rings. The van der Waals surface area contributed by atoms with Gasteiger partial charge in [0.15, 0.2) is 11.6 Å². The van der Waals surface area contributed by atoms with E-state index in [-0.39, 0.29) is 10.3 Å². The maximum atomic E-state index is 14.7.